The van der Waals surface area contributed by atoms with Gasteiger partial charge in [0, 0.05) is 57.3 Å². The summed E-state index contributed by atoms with van der Waals surface area (Å²) in [5.74, 6) is 0. The molecule has 18 rings (SSSR count). The Morgan fingerprint density at radius 2 is 1.17 bits per heavy atom. The van der Waals surface area contributed by atoms with Crippen molar-refractivity contribution in [1.82, 2.24) is 18.8 Å². The largest absolute Gasteiger partial charge is 0.339 e. The van der Waals surface area contributed by atoms with Gasteiger partial charge in [-0.05, 0) is 183 Å². The number of hydrogen-bond acceptors (Lipinski definition) is 1. The van der Waals surface area contributed by atoms with Crippen LogP contribution in [0.2, 0.25) is 0 Å². The third kappa shape index (κ3) is 4.78. The van der Waals surface area contributed by atoms with Crippen LogP contribution < -0.4 is 4.67 Å². The average Bonchev–Trinajstić information content (AvgIpc) is 4.54. The van der Waals surface area contributed by atoms with E-state index in [2.05, 4.69) is 210 Å². The predicted molar refractivity (Wildman–Crippen MR) is 308 cm³/mol. The van der Waals surface area contributed by atoms with E-state index in [-0.39, 0.29) is 5.41 Å². The fourth-order valence-electron chi connectivity index (χ4n) is 15.9. The lowest BCUT2D eigenvalue weighted by Gasteiger charge is -2.35. The Morgan fingerprint density at radius 3 is 2.03 bits per heavy atom. The van der Waals surface area contributed by atoms with E-state index in [1.165, 1.54) is 144 Å². The first-order chi connectivity index (χ1) is 37.2. The van der Waals surface area contributed by atoms with Crippen LogP contribution in [0, 0.1) is 0 Å². The number of allylic oxidation sites excluding steroid dienone is 11. The molecule has 7 aliphatic carbocycles. The van der Waals surface area contributed by atoms with Gasteiger partial charge in [0.15, 0.2) is 0 Å². The van der Waals surface area contributed by atoms with Gasteiger partial charge in [0.25, 0.3) is 6.21 Å². The molecule has 0 bridgehead atoms. The molecule has 4 nitrogen and oxygen atoms in total. The summed E-state index contributed by atoms with van der Waals surface area (Å²) in [5.41, 5.74) is 32.2. The molecular weight excluding hydrogens is 909 g/mol. The molecule has 7 aromatic carbocycles. The van der Waals surface area contributed by atoms with Crippen molar-refractivity contribution < 1.29 is 0 Å². The van der Waals surface area contributed by atoms with Crippen LogP contribution in [0.5, 0.6) is 0 Å². The minimum absolute atomic E-state index is 0.339. The summed E-state index contributed by atoms with van der Waals surface area (Å²) in [6.07, 6.45) is 29.3. The third-order valence-electron chi connectivity index (χ3n) is 18.6. The smallest absolute Gasteiger partial charge is 0.310 e. The van der Waals surface area contributed by atoms with Crippen molar-refractivity contribution in [3.8, 4) is 33.6 Å². The Hall–Kier alpha value is -9.08. The topological polar surface area (TPSA) is 36.9 Å². The number of aryl methyl sites for hydroxylation is 1. The maximum atomic E-state index is 5.03. The van der Waals surface area contributed by atoms with Gasteiger partial charge in [-0.25, -0.2) is 0 Å². The highest BCUT2D eigenvalue weighted by atomic mass is 15.0. The number of rotatable bonds is 3. The number of para-hydroxylation sites is 1. The highest BCUT2D eigenvalue weighted by Gasteiger charge is 2.60. The number of pyridine rings is 1. The Kier molecular flexibility index (Phi) is 7.74. The lowest BCUT2D eigenvalue weighted by molar-refractivity contribution is 0.712. The van der Waals surface area contributed by atoms with Crippen molar-refractivity contribution >= 4 is 61.9 Å². The summed E-state index contributed by atoms with van der Waals surface area (Å²) < 4.78 is 10.1. The highest BCUT2D eigenvalue weighted by Crippen LogP contribution is 2.67. The van der Waals surface area contributed by atoms with Crippen LogP contribution in [0.15, 0.2) is 217 Å². The first-order valence-electron chi connectivity index (χ1n) is 27.0. The zero-order valence-corrected chi connectivity index (χ0v) is 41.2. The first kappa shape index (κ1) is 40.4. The molecule has 0 saturated carbocycles. The van der Waals surface area contributed by atoms with Crippen molar-refractivity contribution in [2.24, 2.45) is 0 Å². The number of nitrogens with zero attached hydrogens (tertiary/aromatic N) is 4. The summed E-state index contributed by atoms with van der Waals surface area (Å²) in [6.45, 7) is 0. The van der Waals surface area contributed by atoms with E-state index in [9.17, 15) is 0 Å². The van der Waals surface area contributed by atoms with E-state index in [1.807, 2.05) is 12.4 Å². The van der Waals surface area contributed by atoms with Crippen LogP contribution in [-0.4, -0.2) is 26.0 Å². The molecular formula is C71H47N4+. The van der Waals surface area contributed by atoms with Gasteiger partial charge in [0.05, 0.1) is 38.5 Å². The van der Waals surface area contributed by atoms with Crippen LogP contribution in [0.1, 0.15) is 87.9 Å². The maximum Gasteiger partial charge on any atom is 0.339 e. The SMILES string of the molecule is C1=CC2=C(CC1)C1(C3=CCCC=C3c3cnccc31)c1c2ccc2c1c1ccccc1n2-c1ccc(-c2ccc(-n3c4c(c5c6c(ccc53)-c3ccccc3C63C5=CC=[N+]=C5c5ccccc53)CCC=C4)cc2)cc1. The Labute approximate surface area is 434 Å². The molecule has 4 heteroatoms. The fourth-order valence-corrected chi connectivity index (χ4v) is 15.9. The molecule has 0 amide bonds. The summed E-state index contributed by atoms with van der Waals surface area (Å²) >= 11 is 0. The monoisotopic (exact) mass is 955 g/mol. The Balaban J connectivity index is 0.767. The Bertz CT molecular complexity index is 4600. The van der Waals surface area contributed by atoms with Gasteiger partial charge in [-0.15, -0.1) is 0 Å². The van der Waals surface area contributed by atoms with Crippen molar-refractivity contribution in [2.75, 3.05) is 0 Å². The molecule has 0 saturated heterocycles. The summed E-state index contributed by atoms with van der Waals surface area (Å²) in [4.78, 5) is 4.72. The zero-order valence-electron chi connectivity index (χ0n) is 41.2. The molecule has 3 aromatic heterocycles. The van der Waals surface area contributed by atoms with Gasteiger partial charge >= 0.3 is 5.71 Å². The fraction of sp³-hybridized carbons (Fsp3) is 0.113. The summed E-state index contributed by atoms with van der Waals surface area (Å²) in [7, 11) is 0. The quantitative estimate of drug-likeness (QED) is 0.163. The van der Waals surface area contributed by atoms with E-state index in [4.69, 9.17) is 9.65 Å². The van der Waals surface area contributed by atoms with E-state index >= 15 is 0 Å². The molecule has 1 aliphatic heterocycles. The first-order valence-corrected chi connectivity index (χ1v) is 27.0. The normalized spacial score (nSPS) is 20.5. The molecule has 10 aromatic rings. The summed E-state index contributed by atoms with van der Waals surface area (Å²) in [5, 5.41) is 4.06. The molecule has 0 radical (unpaired) electrons. The molecule has 2 atom stereocenters. The molecule has 8 aliphatic rings. The molecule has 75 heavy (non-hydrogen) atoms. The molecule has 2 spiro atoms. The van der Waals surface area contributed by atoms with Gasteiger partial charge in [-0.1, -0.05) is 132 Å². The molecule has 0 N–H and O–H groups in total. The predicted octanol–water partition coefficient (Wildman–Crippen LogP) is 15.5. The average molecular weight is 956 g/mol. The van der Waals surface area contributed by atoms with Crippen LogP contribution in [0.4, 0.5) is 0 Å². The third-order valence-corrected chi connectivity index (χ3v) is 18.6. The summed E-state index contributed by atoms with van der Waals surface area (Å²) in [6, 6.07) is 57.8. The zero-order chi connectivity index (χ0) is 48.7. The minimum atomic E-state index is -0.435. The number of benzene rings is 7. The standard InChI is InChI=1S/C71H47N4/c1-7-19-55-46(13-1)49-33-35-63-65(67(49)70(55)57-21-9-3-15-48(57)54-41-72-39-37-59(54)70)52-17-5-11-23-61(52)74(63)44-29-25-42(26-30-44)43-27-31-45(32-28-43)75-62-24-12-6-18-53(62)66-64(75)36-34-50-47-14-2-8-20-56(47)71(68(50)66)58-22-10-4-16-51(58)69-60(71)38-40-73-69/h1-2,4-5,8,10-17,20-41H,3,6-7,9,18-19H2/q+1. The van der Waals surface area contributed by atoms with Crippen LogP contribution in [-0.2, 0) is 17.3 Å². The minimum Gasteiger partial charge on any atom is -0.310 e. The molecule has 4 heterocycles. The van der Waals surface area contributed by atoms with Gasteiger partial charge in [0.2, 0.25) is 0 Å². The van der Waals surface area contributed by atoms with Crippen molar-refractivity contribution in [3.63, 3.8) is 0 Å². The number of aromatic nitrogens is 3. The number of hydrogen-bond donors (Lipinski definition) is 0. The van der Waals surface area contributed by atoms with Gasteiger partial charge in [-0.2, -0.15) is 0 Å². The van der Waals surface area contributed by atoms with E-state index in [0.29, 0.717) is 0 Å². The van der Waals surface area contributed by atoms with Crippen LogP contribution in [0.3, 0.4) is 0 Å². The lowest BCUT2D eigenvalue weighted by atomic mass is 9.66. The highest BCUT2D eigenvalue weighted by molar-refractivity contribution is 6.26. The maximum absolute atomic E-state index is 5.03. The number of fused-ring (bicyclic) bond motifs is 27. The van der Waals surface area contributed by atoms with Crippen LogP contribution in [0.25, 0.3) is 83.6 Å². The second kappa shape index (κ2) is 14.4. The molecule has 0 fully saturated rings. The second-order valence-corrected chi connectivity index (χ2v) is 21.7. The van der Waals surface area contributed by atoms with E-state index in [1.54, 1.807) is 5.57 Å². The lowest BCUT2D eigenvalue weighted by Crippen LogP contribution is -2.28. The van der Waals surface area contributed by atoms with E-state index < -0.39 is 5.41 Å². The van der Waals surface area contributed by atoms with Gasteiger partial charge in [0.1, 0.15) is 0 Å². The second-order valence-electron chi connectivity index (χ2n) is 21.7. The van der Waals surface area contributed by atoms with Crippen molar-refractivity contribution in [2.45, 2.75) is 49.4 Å². The van der Waals surface area contributed by atoms with Gasteiger partial charge < -0.3 is 9.13 Å². The van der Waals surface area contributed by atoms with Crippen molar-refractivity contribution in [1.29, 1.82) is 0 Å². The van der Waals surface area contributed by atoms with E-state index in [0.717, 1.165) is 44.2 Å². The van der Waals surface area contributed by atoms with Crippen LogP contribution >= 0.6 is 0 Å². The van der Waals surface area contributed by atoms with Gasteiger partial charge in [-0.3, -0.25) is 4.98 Å². The molecule has 2 unspecified atom stereocenters. The van der Waals surface area contributed by atoms with Crippen molar-refractivity contribution in [3.05, 3.63) is 273 Å². The Morgan fingerprint density at radius 1 is 0.493 bits per heavy atom. The molecule has 350 valence electrons.